The average molecular weight is 241 g/mol. The van der Waals surface area contributed by atoms with E-state index in [4.69, 9.17) is 4.74 Å². The van der Waals surface area contributed by atoms with Crippen molar-refractivity contribution in [1.29, 1.82) is 0 Å². The lowest BCUT2D eigenvalue weighted by molar-refractivity contribution is -0.125. The minimum Gasteiger partial charge on any atom is -0.380 e. The predicted molar refractivity (Wildman–Crippen MR) is 74.4 cm³/mol. The highest BCUT2D eigenvalue weighted by atomic mass is 16.5. The van der Waals surface area contributed by atoms with E-state index in [1.807, 2.05) is 0 Å². The van der Waals surface area contributed by atoms with Gasteiger partial charge in [0.2, 0.25) is 0 Å². The van der Waals surface area contributed by atoms with Gasteiger partial charge in [0, 0.05) is 24.0 Å². The Labute approximate surface area is 108 Å². The fourth-order valence-corrected chi connectivity index (χ4v) is 3.05. The second-order valence-electron chi connectivity index (χ2n) is 5.92. The van der Waals surface area contributed by atoms with Gasteiger partial charge in [-0.3, -0.25) is 4.90 Å². The standard InChI is InChI=1S/C15H31NO/c1-6-13(7-2)16(14(8-3)9-4)10-15(5)11-17-12-15/h13-14H,6-12H2,1-5H3. The van der Waals surface area contributed by atoms with Crippen LogP contribution in [0.5, 0.6) is 0 Å². The third kappa shape index (κ3) is 3.69. The van der Waals surface area contributed by atoms with Gasteiger partial charge in [0.25, 0.3) is 0 Å². The summed E-state index contributed by atoms with van der Waals surface area (Å²) in [5.74, 6) is 0. The van der Waals surface area contributed by atoms with E-state index in [2.05, 4.69) is 39.5 Å². The van der Waals surface area contributed by atoms with Gasteiger partial charge in [-0.25, -0.2) is 0 Å². The maximum absolute atomic E-state index is 5.41. The van der Waals surface area contributed by atoms with Gasteiger partial charge in [0.15, 0.2) is 0 Å². The molecule has 2 nitrogen and oxygen atoms in total. The van der Waals surface area contributed by atoms with Crippen LogP contribution in [0.2, 0.25) is 0 Å². The van der Waals surface area contributed by atoms with Gasteiger partial charge in [-0.1, -0.05) is 34.6 Å². The van der Waals surface area contributed by atoms with Gasteiger partial charge in [0.05, 0.1) is 13.2 Å². The lowest BCUT2D eigenvalue weighted by Crippen LogP contribution is -2.54. The lowest BCUT2D eigenvalue weighted by atomic mass is 9.86. The van der Waals surface area contributed by atoms with Gasteiger partial charge in [-0.15, -0.1) is 0 Å². The third-order valence-electron chi connectivity index (χ3n) is 4.29. The highest BCUT2D eigenvalue weighted by Crippen LogP contribution is 2.31. The molecule has 0 aliphatic carbocycles. The van der Waals surface area contributed by atoms with Crippen molar-refractivity contribution in [2.75, 3.05) is 19.8 Å². The van der Waals surface area contributed by atoms with Crippen LogP contribution in [0, 0.1) is 5.41 Å². The molecule has 0 aromatic rings. The first-order chi connectivity index (χ1) is 8.10. The van der Waals surface area contributed by atoms with E-state index in [-0.39, 0.29) is 0 Å². The summed E-state index contributed by atoms with van der Waals surface area (Å²) in [4.78, 5) is 2.77. The maximum atomic E-state index is 5.41. The van der Waals surface area contributed by atoms with Crippen LogP contribution < -0.4 is 0 Å². The number of hydrogen-bond acceptors (Lipinski definition) is 2. The Balaban J connectivity index is 2.69. The van der Waals surface area contributed by atoms with Crippen LogP contribution in [-0.2, 0) is 4.74 Å². The van der Waals surface area contributed by atoms with E-state index in [9.17, 15) is 0 Å². The van der Waals surface area contributed by atoms with Crippen molar-refractivity contribution in [1.82, 2.24) is 4.90 Å². The number of rotatable bonds is 8. The molecule has 0 aromatic heterocycles. The molecule has 1 fully saturated rings. The summed E-state index contributed by atoms with van der Waals surface area (Å²) in [7, 11) is 0. The van der Waals surface area contributed by atoms with Crippen LogP contribution in [0.15, 0.2) is 0 Å². The van der Waals surface area contributed by atoms with Gasteiger partial charge in [-0.05, 0) is 25.7 Å². The van der Waals surface area contributed by atoms with E-state index < -0.39 is 0 Å². The Kier molecular flexibility index (Phi) is 5.94. The molecule has 0 aromatic carbocycles. The number of ether oxygens (including phenoxy) is 1. The summed E-state index contributed by atoms with van der Waals surface area (Å²) in [5, 5.41) is 0. The minimum atomic E-state index is 0.408. The molecule has 1 aliphatic heterocycles. The van der Waals surface area contributed by atoms with Crippen molar-refractivity contribution < 1.29 is 4.74 Å². The first kappa shape index (κ1) is 15.0. The highest BCUT2D eigenvalue weighted by Gasteiger charge is 2.37. The van der Waals surface area contributed by atoms with Crippen LogP contribution in [0.25, 0.3) is 0 Å². The molecular formula is C15H31NO. The second kappa shape index (κ2) is 6.75. The molecule has 2 heteroatoms. The van der Waals surface area contributed by atoms with Crippen molar-refractivity contribution in [2.24, 2.45) is 5.41 Å². The largest absolute Gasteiger partial charge is 0.380 e. The first-order valence-electron chi connectivity index (χ1n) is 7.43. The van der Waals surface area contributed by atoms with Crippen molar-refractivity contribution >= 4 is 0 Å². The van der Waals surface area contributed by atoms with E-state index in [0.29, 0.717) is 5.41 Å². The van der Waals surface area contributed by atoms with E-state index in [1.165, 1.54) is 32.2 Å². The van der Waals surface area contributed by atoms with Crippen molar-refractivity contribution in [3.8, 4) is 0 Å². The highest BCUT2D eigenvalue weighted by molar-refractivity contribution is 4.88. The summed E-state index contributed by atoms with van der Waals surface area (Å²) in [5.41, 5.74) is 0.408. The van der Waals surface area contributed by atoms with Gasteiger partial charge >= 0.3 is 0 Å². The average Bonchev–Trinajstić information content (AvgIpc) is 2.29. The normalized spacial score (nSPS) is 19.1. The Bertz CT molecular complexity index is 193. The quantitative estimate of drug-likeness (QED) is 0.642. The maximum Gasteiger partial charge on any atom is 0.0554 e. The molecule has 0 spiro atoms. The van der Waals surface area contributed by atoms with E-state index >= 15 is 0 Å². The fourth-order valence-electron chi connectivity index (χ4n) is 3.05. The van der Waals surface area contributed by atoms with Crippen LogP contribution in [0.3, 0.4) is 0 Å². The summed E-state index contributed by atoms with van der Waals surface area (Å²) in [6.07, 6.45) is 5.07. The van der Waals surface area contributed by atoms with Gasteiger partial charge in [-0.2, -0.15) is 0 Å². The SMILES string of the molecule is CCC(CC)N(CC1(C)COC1)C(CC)CC. The number of nitrogens with zero attached hydrogens (tertiary/aromatic N) is 1. The van der Waals surface area contributed by atoms with Crippen LogP contribution in [-0.4, -0.2) is 36.7 Å². The Morgan fingerprint density at radius 3 is 1.59 bits per heavy atom. The van der Waals surface area contributed by atoms with Crippen molar-refractivity contribution in [2.45, 2.75) is 72.4 Å². The van der Waals surface area contributed by atoms with Gasteiger partial charge < -0.3 is 4.74 Å². The summed E-state index contributed by atoms with van der Waals surface area (Å²) < 4.78 is 5.41. The Hall–Kier alpha value is -0.0800. The molecule has 1 heterocycles. The smallest absolute Gasteiger partial charge is 0.0554 e. The molecule has 0 radical (unpaired) electrons. The molecule has 0 atom stereocenters. The van der Waals surface area contributed by atoms with Crippen LogP contribution >= 0.6 is 0 Å². The van der Waals surface area contributed by atoms with Crippen molar-refractivity contribution in [3.05, 3.63) is 0 Å². The molecular weight excluding hydrogens is 210 g/mol. The molecule has 0 N–H and O–H groups in total. The first-order valence-corrected chi connectivity index (χ1v) is 7.43. The molecule has 1 rings (SSSR count). The van der Waals surface area contributed by atoms with Crippen LogP contribution in [0.1, 0.15) is 60.3 Å². The van der Waals surface area contributed by atoms with Crippen LogP contribution in [0.4, 0.5) is 0 Å². The summed E-state index contributed by atoms with van der Waals surface area (Å²) >= 11 is 0. The minimum absolute atomic E-state index is 0.408. The molecule has 1 aliphatic rings. The number of hydrogen-bond donors (Lipinski definition) is 0. The van der Waals surface area contributed by atoms with E-state index in [1.54, 1.807) is 0 Å². The second-order valence-corrected chi connectivity index (χ2v) is 5.92. The molecule has 0 amide bonds. The Morgan fingerprint density at radius 1 is 0.941 bits per heavy atom. The van der Waals surface area contributed by atoms with Gasteiger partial charge in [0.1, 0.15) is 0 Å². The zero-order chi connectivity index (χ0) is 12.9. The molecule has 0 saturated carbocycles. The monoisotopic (exact) mass is 241 g/mol. The molecule has 0 bridgehead atoms. The van der Waals surface area contributed by atoms with Crippen molar-refractivity contribution in [3.63, 3.8) is 0 Å². The third-order valence-corrected chi connectivity index (χ3v) is 4.29. The molecule has 1 saturated heterocycles. The Morgan fingerprint density at radius 2 is 1.35 bits per heavy atom. The summed E-state index contributed by atoms with van der Waals surface area (Å²) in [6, 6.07) is 1.50. The fraction of sp³-hybridized carbons (Fsp3) is 1.00. The zero-order valence-corrected chi connectivity index (χ0v) is 12.5. The predicted octanol–water partition coefficient (Wildman–Crippen LogP) is 3.70. The zero-order valence-electron chi connectivity index (χ0n) is 12.5. The van der Waals surface area contributed by atoms with E-state index in [0.717, 1.165) is 25.3 Å². The lowest BCUT2D eigenvalue weighted by Gasteiger charge is -2.46. The molecule has 102 valence electrons. The molecule has 0 unspecified atom stereocenters. The topological polar surface area (TPSA) is 12.5 Å². The summed E-state index contributed by atoms with van der Waals surface area (Å²) in [6.45, 7) is 14.8. The molecule has 17 heavy (non-hydrogen) atoms.